The van der Waals surface area contributed by atoms with Crippen molar-refractivity contribution in [1.29, 1.82) is 0 Å². The van der Waals surface area contributed by atoms with Gasteiger partial charge < -0.3 is 163 Å². The number of hydrogen-bond acceptors (Lipinski definition) is 35. The second-order valence-corrected chi connectivity index (χ2v) is 21.7. The van der Waals surface area contributed by atoms with Crippen LogP contribution in [0.4, 0.5) is 0 Å². The van der Waals surface area contributed by atoms with Crippen molar-refractivity contribution in [1.82, 2.24) is 0 Å². The molecule has 34 nitrogen and oxygen atoms in total. The molecule has 35 heteroatoms. The number of thioether (sulfide) groups is 1. The molecule has 0 spiro atoms. The van der Waals surface area contributed by atoms with Crippen LogP contribution in [0.5, 0.6) is 0 Å². The molecule has 14 bridgehead atoms. The first-order chi connectivity index (χ1) is 37.7. The van der Waals surface area contributed by atoms with Gasteiger partial charge in [0.15, 0.2) is 49.1 Å². The maximum Gasteiger partial charge on any atom is 0.187 e. The Morgan fingerprint density at radius 2 is 0.494 bits per heavy atom. The first-order valence-corrected chi connectivity index (χ1v) is 26.3. The van der Waals surface area contributed by atoms with Crippen LogP contribution in [-0.2, 0) is 75.8 Å². The van der Waals surface area contributed by atoms with E-state index in [1.807, 2.05) is 0 Å². The van der Waals surface area contributed by atoms with E-state index in [0.29, 0.717) is 11.8 Å². The molecule has 0 aromatic rings. The fourth-order valence-electron chi connectivity index (χ4n) is 11.2. The first kappa shape index (κ1) is 62.2. The summed E-state index contributed by atoms with van der Waals surface area (Å²) >= 11 is 0.575. The van der Waals surface area contributed by atoms with Gasteiger partial charge in [0.2, 0.25) is 0 Å². The predicted molar refractivity (Wildman–Crippen MR) is 241 cm³/mol. The van der Waals surface area contributed by atoms with Crippen LogP contribution in [0.2, 0.25) is 0 Å². The van der Waals surface area contributed by atoms with E-state index in [0.717, 1.165) is 6.92 Å². The minimum absolute atomic E-state index is 0.575. The van der Waals surface area contributed by atoms with E-state index in [9.17, 15) is 96.7 Å². The van der Waals surface area contributed by atoms with Crippen molar-refractivity contribution in [2.24, 2.45) is 0 Å². The van der Waals surface area contributed by atoms with E-state index in [2.05, 4.69) is 0 Å². The fraction of sp³-hybridized carbons (Fsp3) is 0.977. The molecule has 16 fully saturated rings. The zero-order valence-corrected chi connectivity index (χ0v) is 42.5. The van der Waals surface area contributed by atoms with E-state index in [4.69, 9.17) is 71.1 Å². The quantitative estimate of drug-likeness (QED) is 0.107. The van der Waals surface area contributed by atoms with Crippen LogP contribution in [-0.4, -0.2) is 357 Å². The zero-order valence-electron chi connectivity index (χ0n) is 41.6. The molecule has 16 aliphatic heterocycles. The van der Waals surface area contributed by atoms with E-state index in [-0.39, 0.29) is 0 Å². The molecule has 35 atom stereocenters. The predicted octanol–water partition coefficient (Wildman–Crippen LogP) is -12.9. The van der Waals surface area contributed by atoms with Crippen molar-refractivity contribution in [3.8, 4) is 0 Å². The van der Waals surface area contributed by atoms with Crippen molar-refractivity contribution in [3.05, 3.63) is 0 Å². The smallest absolute Gasteiger partial charge is 0.187 e. The van der Waals surface area contributed by atoms with Gasteiger partial charge in [-0.2, -0.15) is 0 Å². The van der Waals surface area contributed by atoms with Crippen LogP contribution < -0.4 is 0 Å². The lowest BCUT2D eigenvalue weighted by molar-refractivity contribution is -0.419. The molecule has 456 valence electrons. The van der Waals surface area contributed by atoms with Crippen molar-refractivity contribution >= 4 is 16.9 Å². The van der Waals surface area contributed by atoms with Crippen LogP contribution in [0, 0.1) is 0 Å². The SMILES string of the molecule is CC(=O)S[C@@H]1[C@H]2O[C@@H]3[C@@H](O)[C@H]4O[C@H]5[C@H](O)[C@@H](O)[C@@H](O[C@H]6[C@H](O)[C@@H](O)[C@@H](O[C@H]7[C@H](O)[C@@H](O)[C@@H](O[C@H]8[C@H](O)[C@@H](O)[C@@H](O[C@H]9[C@H](O)[C@@H](O)[C@@H](O[C@@H]1[C@@H](CO)O[C@@H]2O[C@@H]3[C@@H](CO)O4)O[C@@H]9CO)O[C@@H]8CO)O[C@@H]7CO)O[C@@H]6CO)O[C@@H]5CO. The number of carbonyl (C=O) groups excluding carboxylic acids is 1. The summed E-state index contributed by atoms with van der Waals surface area (Å²) in [6, 6.07) is 0. The third kappa shape index (κ3) is 12.0. The van der Waals surface area contributed by atoms with Gasteiger partial charge in [-0.3, -0.25) is 4.79 Å². The lowest BCUT2D eigenvalue weighted by atomic mass is 9.93. The Morgan fingerprint density at radius 1 is 0.266 bits per heavy atom. The average Bonchev–Trinajstić information content (AvgIpc) is 3.64. The maximum atomic E-state index is 13.0. The van der Waals surface area contributed by atoms with Crippen LogP contribution in [0.15, 0.2) is 0 Å². The first-order valence-electron chi connectivity index (χ1n) is 25.5. The van der Waals surface area contributed by atoms with Crippen molar-refractivity contribution in [2.45, 2.75) is 221 Å². The Balaban J connectivity index is 1.04. The van der Waals surface area contributed by atoms with Crippen molar-refractivity contribution in [2.75, 3.05) is 46.2 Å². The highest BCUT2D eigenvalue weighted by atomic mass is 32.2. The summed E-state index contributed by atoms with van der Waals surface area (Å²) in [5.74, 6) is 0. The number of hydrogen-bond donors (Lipinski definition) is 18. The normalized spacial score (nSPS) is 54.6. The highest BCUT2D eigenvalue weighted by Crippen LogP contribution is 2.44. The van der Waals surface area contributed by atoms with E-state index < -0.39 is 265 Å². The molecule has 79 heavy (non-hydrogen) atoms. The minimum atomic E-state index is -2.19. The van der Waals surface area contributed by atoms with Gasteiger partial charge in [-0.1, -0.05) is 11.8 Å². The molecule has 18 N–H and O–H groups in total. The number of fused-ring (bicyclic) bond motifs is 1. The van der Waals surface area contributed by atoms with Gasteiger partial charge in [-0.05, 0) is 0 Å². The number of carbonyl (C=O) groups is 1. The molecule has 0 amide bonds. The molecule has 16 saturated heterocycles. The molecule has 16 heterocycles. The van der Waals surface area contributed by atoms with Crippen LogP contribution in [0.1, 0.15) is 6.92 Å². The summed E-state index contributed by atoms with van der Waals surface area (Å²) < 4.78 is 88.4. The molecule has 0 aromatic heterocycles. The summed E-state index contributed by atoms with van der Waals surface area (Å²) in [6.07, 6.45) is -63.7. The molecule has 0 aromatic carbocycles. The summed E-state index contributed by atoms with van der Waals surface area (Å²) in [4.78, 5) is 13.0. The van der Waals surface area contributed by atoms with Gasteiger partial charge in [0.05, 0.1) is 51.5 Å². The summed E-state index contributed by atoms with van der Waals surface area (Å²) in [5, 5.41) is 198. The van der Waals surface area contributed by atoms with E-state index in [1.165, 1.54) is 0 Å². The molecular formula is C44H70O34S. The fourth-order valence-corrected chi connectivity index (χ4v) is 12.3. The Labute approximate surface area is 451 Å². The highest BCUT2D eigenvalue weighted by molar-refractivity contribution is 8.14. The maximum absolute atomic E-state index is 13.0. The number of ether oxygens (including phenoxy) is 15. The molecule has 16 rings (SSSR count). The van der Waals surface area contributed by atoms with Gasteiger partial charge in [0.1, 0.15) is 165 Å². The molecule has 0 radical (unpaired) electrons. The summed E-state index contributed by atoms with van der Waals surface area (Å²) in [7, 11) is 0. The van der Waals surface area contributed by atoms with Gasteiger partial charge in [-0.25, -0.2) is 0 Å². The van der Waals surface area contributed by atoms with Crippen LogP contribution >= 0.6 is 11.8 Å². The van der Waals surface area contributed by atoms with Crippen molar-refractivity contribution in [3.63, 3.8) is 0 Å². The van der Waals surface area contributed by atoms with Gasteiger partial charge in [0, 0.05) is 6.92 Å². The third-order valence-corrected chi connectivity index (χ3v) is 16.5. The lowest BCUT2D eigenvalue weighted by Crippen LogP contribution is -2.72. The Morgan fingerprint density at radius 3 is 0.772 bits per heavy atom. The second-order valence-electron chi connectivity index (χ2n) is 20.3. The lowest BCUT2D eigenvalue weighted by Gasteiger charge is -2.55. The molecule has 16 aliphatic rings. The Bertz CT molecular complexity index is 1960. The molecule has 0 unspecified atom stereocenters. The minimum Gasteiger partial charge on any atom is -0.394 e. The number of aliphatic hydroxyl groups excluding tert-OH is 18. The topological polar surface area (TPSA) is 520 Å². The molecular weight excluding hydrogens is 1100 g/mol. The monoisotopic (exact) mass is 1170 g/mol. The standard InChI is InChI=1S/C44H70O34S/c1-9(52)79-37-34-16(8-51)70-44-36(37)71-35-27(63)43(69-15(7-50)33(35)77-44)76-32-14(6-49)67-41(25(61)20(32)56)74-30-12(4-47)65-39(23(59)18(30)54)72-28-10(2-45)64-38(22(58)17(28)53)73-29-11(3-46)66-40(24(60)19(29)55)75-31-13(5-48)68-42(78-34)26(62)21(31)57/h10-51,53-63H,2-8H2,1H3/t10-,11-,12-,13-,14-,15-,16-,17-,18-,19-,20-,21-,22-,23-,24-,25-,26-,27-,28-,29-,30-,31-,32-,33-,34-,35-,36-,37+,38-,39-,40-,41-,42-,43-,44-/m1/s1. The highest BCUT2D eigenvalue weighted by Gasteiger charge is 2.62. The molecule has 0 aliphatic carbocycles. The Hall–Kier alpha value is -1.30. The summed E-state index contributed by atoms with van der Waals surface area (Å²) in [6.45, 7) is -5.65. The van der Waals surface area contributed by atoms with Crippen LogP contribution in [0.25, 0.3) is 0 Å². The van der Waals surface area contributed by atoms with E-state index >= 15 is 0 Å². The largest absolute Gasteiger partial charge is 0.394 e. The number of rotatable bonds is 8. The second kappa shape index (κ2) is 26.1. The van der Waals surface area contributed by atoms with Crippen LogP contribution in [0.3, 0.4) is 0 Å². The van der Waals surface area contributed by atoms with E-state index in [1.54, 1.807) is 0 Å². The van der Waals surface area contributed by atoms with Crippen molar-refractivity contribution < 1.29 is 168 Å². The van der Waals surface area contributed by atoms with Gasteiger partial charge in [0.25, 0.3) is 0 Å². The van der Waals surface area contributed by atoms with Gasteiger partial charge in [-0.15, -0.1) is 0 Å². The van der Waals surface area contributed by atoms with Gasteiger partial charge >= 0.3 is 0 Å². The third-order valence-electron chi connectivity index (χ3n) is 15.3. The Kier molecular flexibility index (Phi) is 20.6. The zero-order chi connectivity index (χ0) is 57.0. The number of aliphatic hydroxyl groups is 18. The summed E-state index contributed by atoms with van der Waals surface area (Å²) in [5.41, 5.74) is 0. The molecule has 0 saturated carbocycles. The average molecular weight is 1180 g/mol.